The molecule has 3 fully saturated rings. The van der Waals surface area contributed by atoms with Crippen molar-refractivity contribution in [2.45, 2.75) is 119 Å². The number of allylic oxidation sites excluding steroid dienone is 2. The Balaban J connectivity index is 0.000000284. The topological polar surface area (TPSA) is 0 Å². The van der Waals surface area contributed by atoms with E-state index < -0.39 is 0 Å². The summed E-state index contributed by atoms with van der Waals surface area (Å²) >= 11 is 0. The molecule has 3 aliphatic carbocycles. The Kier molecular flexibility index (Phi) is 12.7. The molecule has 26 heavy (non-hydrogen) atoms. The van der Waals surface area contributed by atoms with Gasteiger partial charge in [-0.15, -0.1) is 0 Å². The fourth-order valence-corrected chi connectivity index (χ4v) is 5.58. The average molecular weight is 363 g/mol. The van der Waals surface area contributed by atoms with Gasteiger partial charge < -0.3 is 0 Å². The maximum atomic E-state index is 2.43. The third-order valence-corrected chi connectivity index (χ3v) is 7.21. The summed E-state index contributed by atoms with van der Waals surface area (Å²) in [6.07, 6.45) is 22.6. The van der Waals surface area contributed by atoms with Crippen LogP contribution in [0.25, 0.3) is 0 Å². The molecule has 0 amide bonds. The van der Waals surface area contributed by atoms with Crippen molar-refractivity contribution >= 4 is 0 Å². The van der Waals surface area contributed by atoms with Gasteiger partial charge in [0.1, 0.15) is 0 Å². The highest BCUT2D eigenvalue weighted by atomic mass is 14.3. The first kappa shape index (κ1) is 23.8. The molecule has 0 spiro atoms. The van der Waals surface area contributed by atoms with Gasteiger partial charge in [0.05, 0.1) is 0 Å². The largest absolute Gasteiger partial charge is 0.0914 e. The highest BCUT2D eigenvalue weighted by molar-refractivity contribution is 4.90. The maximum Gasteiger partial charge on any atom is -0.0233 e. The van der Waals surface area contributed by atoms with Crippen molar-refractivity contribution in [1.29, 1.82) is 0 Å². The summed E-state index contributed by atoms with van der Waals surface area (Å²) in [4.78, 5) is 0. The second-order valence-corrected chi connectivity index (χ2v) is 9.60. The van der Waals surface area contributed by atoms with Crippen LogP contribution >= 0.6 is 0 Å². The summed E-state index contributed by atoms with van der Waals surface area (Å²) in [5, 5.41) is 0. The molecule has 2 unspecified atom stereocenters. The summed E-state index contributed by atoms with van der Waals surface area (Å²) in [5.41, 5.74) is 0. The predicted molar refractivity (Wildman–Crippen MR) is 120 cm³/mol. The Morgan fingerprint density at radius 2 is 1.04 bits per heavy atom. The van der Waals surface area contributed by atoms with Gasteiger partial charge in [-0.3, -0.25) is 0 Å². The monoisotopic (exact) mass is 362 g/mol. The molecular weight excluding hydrogens is 312 g/mol. The van der Waals surface area contributed by atoms with Gasteiger partial charge in [-0.25, -0.2) is 0 Å². The SMILES string of the molecule is CC.CC1CCCC(C)C1.CC=CC1CCC(C2CCC(C)CC2)CC1. The lowest BCUT2D eigenvalue weighted by molar-refractivity contribution is 0.160. The fourth-order valence-electron chi connectivity index (χ4n) is 5.58. The molecule has 0 heteroatoms. The molecule has 3 aliphatic rings. The molecule has 0 heterocycles. The van der Waals surface area contributed by atoms with Crippen LogP contribution in [0.3, 0.4) is 0 Å². The molecule has 0 saturated heterocycles. The van der Waals surface area contributed by atoms with E-state index in [0.29, 0.717) is 0 Å². The summed E-state index contributed by atoms with van der Waals surface area (Å²) < 4.78 is 0. The summed E-state index contributed by atoms with van der Waals surface area (Å²) in [5.74, 6) is 6.11. The van der Waals surface area contributed by atoms with Crippen molar-refractivity contribution < 1.29 is 0 Å². The van der Waals surface area contributed by atoms with Crippen LogP contribution in [0.15, 0.2) is 12.2 Å². The van der Waals surface area contributed by atoms with Crippen molar-refractivity contribution in [3.05, 3.63) is 12.2 Å². The van der Waals surface area contributed by atoms with Gasteiger partial charge in [0, 0.05) is 0 Å². The Morgan fingerprint density at radius 3 is 1.42 bits per heavy atom. The number of hydrogen-bond donors (Lipinski definition) is 0. The zero-order chi connectivity index (χ0) is 19.4. The van der Waals surface area contributed by atoms with Crippen LogP contribution in [0.4, 0.5) is 0 Å². The molecule has 0 radical (unpaired) electrons. The van der Waals surface area contributed by atoms with Crippen molar-refractivity contribution in [2.75, 3.05) is 0 Å². The second kappa shape index (κ2) is 13.8. The van der Waals surface area contributed by atoms with Crippen LogP contribution in [0, 0.1) is 35.5 Å². The molecule has 154 valence electrons. The zero-order valence-corrected chi connectivity index (χ0v) is 19.1. The molecule has 0 bridgehead atoms. The van der Waals surface area contributed by atoms with E-state index >= 15 is 0 Å². The van der Waals surface area contributed by atoms with E-state index in [1.54, 1.807) is 0 Å². The van der Waals surface area contributed by atoms with Crippen LogP contribution in [0.1, 0.15) is 119 Å². The number of rotatable bonds is 2. The van der Waals surface area contributed by atoms with Gasteiger partial charge in [-0.05, 0) is 87.4 Å². The minimum absolute atomic E-state index is 0.906. The maximum absolute atomic E-state index is 2.43. The van der Waals surface area contributed by atoms with Crippen LogP contribution in [-0.2, 0) is 0 Å². The Morgan fingerprint density at radius 1 is 0.577 bits per heavy atom. The molecule has 0 aromatic heterocycles. The molecule has 0 aliphatic heterocycles. The van der Waals surface area contributed by atoms with E-state index in [0.717, 1.165) is 35.5 Å². The second-order valence-electron chi connectivity index (χ2n) is 9.60. The lowest BCUT2D eigenvalue weighted by Gasteiger charge is -2.36. The van der Waals surface area contributed by atoms with Gasteiger partial charge in [-0.1, -0.05) is 78.9 Å². The van der Waals surface area contributed by atoms with Crippen molar-refractivity contribution in [3.8, 4) is 0 Å². The van der Waals surface area contributed by atoms with Gasteiger partial charge in [-0.2, -0.15) is 0 Å². The van der Waals surface area contributed by atoms with E-state index in [1.807, 2.05) is 13.8 Å². The van der Waals surface area contributed by atoms with Crippen LogP contribution < -0.4 is 0 Å². The highest BCUT2D eigenvalue weighted by Gasteiger charge is 2.29. The summed E-state index contributed by atoms with van der Waals surface area (Å²) in [6.45, 7) is 13.3. The first-order valence-corrected chi connectivity index (χ1v) is 12.2. The lowest BCUT2D eigenvalue weighted by Crippen LogP contribution is -2.24. The molecule has 3 rings (SSSR count). The number of hydrogen-bond acceptors (Lipinski definition) is 0. The Hall–Kier alpha value is -0.260. The molecular formula is C26H50. The predicted octanol–water partition coefficient (Wildman–Crippen LogP) is 9.05. The Labute approximate surface area is 166 Å². The van der Waals surface area contributed by atoms with Gasteiger partial charge in [0.15, 0.2) is 0 Å². The smallest absolute Gasteiger partial charge is 0.0233 e. The molecule has 0 aromatic rings. The average Bonchev–Trinajstić information content (AvgIpc) is 2.65. The lowest BCUT2D eigenvalue weighted by atomic mass is 9.69. The Bertz CT molecular complexity index is 331. The van der Waals surface area contributed by atoms with Crippen LogP contribution in [-0.4, -0.2) is 0 Å². The normalized spacial score (nSPS) is 37.9. The van der Waals surface area contributed by atoms with E-state index in [9.17, 15) is 0 Å². The van der Waals surface area contributed by atoms with Crippen LogP contribution in [0.2, 0.25) is 0 Å². The summed E-state index contributed by atoms with van der Waals surface area (Å²) in [6, 6.07) is 0. The first-order chi connectivity index (χ1) is 12.6. The minimum atomic E-state index is 0.906. The first-order valence-electron chi connectivity index (χ1n) is 12.2. The molecule has 2 atom stereocenters. The van der Waals surface area contributed by atoms with E-state index in [4.69, 9.17) is 0 Å². The fraction of sp³-hybridized carbons (Fsp3) is 0.923. The van der Waals surface area contributed by atoms with Gasteiger partial charge in [0.25, 0.3) is 0 Å². The van der Waals surface area contributed by atoms with Crippen molar-refractivity contribution in [1.82, 2.24) is 0 Å². The van der Waals surface area contributed by atoms with Crippen molar-refractivity contribution in [3.63, 3.8) is 0 Å². The minimum Gasteiger partial charge on any atom is -0.0914 e. The molecule has 0 aromatic carbocycles. The van der Waals surface area contributed by atoms with Crippen molar-refractivity contribution in [2.24, 2.45) is 35.5 Å². The van der Waals surface area contributed by atoms with E-state index in [-0.39, 0.29) is 0 Å². The third kappa shape index (κ3) is 9.09. The third-order valence-electron chi connectivity index (χ3n) is 7.21. The quantitative estimate of drug-likeness (QED) is 0.430. The van der Waals surface area contributed by atoms with Crippen LogP contribution in [0.5, 0.6) is 0 Å². The zero-order valence-electron chi connectivity index (χ0n) is 19.1. The summed E-state index contributed by atoms with van der Waals surface area (Å²) in [7, 11) is 0. The van der Waals surface area contributed by atoms with Gasteiger partial charge >= 0.3 is 0 Å². The van der Waals surface area contributed by atoms with Gasteiger partial charge in [0.2, 0.25) is 0 Å². The molecule has 0 N–H and O–H groups in total. The standard InChI is InChI=1S/C16H28.C8H16.C2H6/c1-3-4-14-7-11-16(12-8-14)15-9-5-13(2)6-10-15;1-7-4-3-5-8(2)6-7;1-2/h3-4,13-16H,5-12H2,1-2H3;7-8H,3-6H2,1-2H3;1-2H3. The molecule has 3 saturated carbocycles. The molecule has 0 nitrogen and oxygen atoms in total. The highest BCUT2D eigenvalue weighted by Crippen LogP contribution is 2.41. The van der Waals surface area contributed by atoms with E-state index in [2.05, 4.69) is 39.8 Å². The van der Waals surface area contributed by atoms with E-state index in [1.165, 1.54) is 77.0 Å².